The maximum Gasteiger partial charge on any atom is 0.164 e. The van der Waals surface area contributed by atoms with Gasteiger partial charge in [-0.1, -0.05) is 152 Å². The van der Waals surface area contributed by atoms with Crippen LogP contribution in [0.1, 0.15) is 0 Å². The van der Waals surface area contributed by atoms with Crippen LogP contribution in [0.25, 0.3) is 83.9 Å². The second kappa shape index (κ2) is 13.0. The van der Waals surface area contributed by atoms with Crippen LogP contribution in [-0.4, -0.2) is 19.5 Å². The van der Waals surface area contributed by atoms with Gasteiger partial charge in [0.15, 0.2) is 17.5 Å². The molecule has 1 aliphatic heterocycles. The van der Waals surface area contributed by atoms with Crippen molar-refractivity contribution in [1.29, 1.82) is 0 Å². The molecule has 8 aromatic carbocycles. The zero-order chi connectivity index (χ0) is 37.0. The van der Waals surface area contributed by atoms with Crippen LogP contribution in [0, 0.1) is 0 Å². The minimum atomic E-state index is 0.624. The summed E-state index contributed by atoms with van der Waals surface area (Å²) < 4.78 is 2.39. The van der Waals surface area contributed by atoms with Crippen molar-refractivity contribution >= 4 is 38.9 Å². The van der Waals surface area contributed by atoms with Gasteiger partial charge in [0.2, 0.25) is 0 Å². The lowest BCUT2D eigenvalue weighted by Gasteiger charge is -2.27. The minimum absolute atomic E-state index is 0.624. The molecule has 1 aliphatic rings. The molecular formula is C51H33N5. The number of hydrogen-bond acceptors (Lipinski definition) is 4. The van der Waals surface area contributed by atoms with Crippen molar-refractivity contribution in [1.82, 2.24) is 19.5 Å². The molecule has 0 aliphatic carbocycles. The summed E-state index contributed by atoms with van der Waals surface area (Å²) in [5.74, 6) is 1.91. The Morgan fingerprint density at radius 1 is 0.339 bits per heavy atom. The normalized spacial score (nSPS) is 11.9. The van der Waals surface area contributed by atoms with E-state index in [1.165, 1.54) is 33.0 Å². The molecular weight excluding hydrogens is 683 g/mol. The number of hydrogen-bond donors (Lipinski definition) is 0. The van der Waals surface area contributed by atoms with Gasteiger partial charge in [0.25, 0.3) is 0 Å². The lowest BCUT2D eigenvalue weighted by Crippen LogP contribution is -2.10. The van der Waals surface area contributed by atoms with E-state index < -0.39 is 0 Å². The van der Waals surface area contributed by atoms with Gasteiger partial charge >= 0.3 is 0 Å². The number of rotatable bonds is 5. The smallest absolute Gasteiger partial charge is 0.164 e. The molecule has 0 saturated carbocycles. The Labute approximate surface area is 324 Å². The van der Waals surface area contributed by atoms with Crippen molar-refractivity contribution in [3.05, 3.63) is 200 Å². The predicted octanol–water partition coefficient (Wildman–Crippen LogP) is 13.1. The SMILES string of the molecule is c1ccc(-c2nc(-c3ccccc3)nc(-c3cccc(-n4c5ccccc5c5c6c(ccc54)N(c4ccccc4)c4ccccc4-c4ccccc4-6)c3)n2)cc1. The quantitative estimate of drug-likeness (QED) is 0.178. The van der Waals surface area contributed by atoms with E-state index >= 15 is 0 Å². The first-order valence-electron chi connectivity index (χ1n) is 18.9. The molecule has 11 rings (SSSR count). The molecule has 5 heteroatoms. The highest BCUT2D eigenvalue weighted by Crippen LogP contribution is 2.54. The van der Waals surface area contributed by atoms with E-state index in [0.717, 1.165) is 50.5 Å². The number of fused-ring (bicyclic) bond motifs is 9. The van der Waals surface area contributed by atoms with Crippen LogP contribution in [0.2, 0.25) is 0 Å². The molecule has 0 saturated heterocycles. The molecule has 56 heavy (non-hydrogen) atoms. The largest absolute Gasteiger partial charge is 0.309 e. The van der Waals surface area contributed by atoms with Gasteiger partial charge in [0, 0.05) is 50.0 Å². The second-order valence-electron chi connectivity index (χ2n) is 14.0. The lowest BCUT2D eigenvalue weighted by atomic mass is 9.92. The number of anilines is 3. The third kappa shape index (κ3) is 5.13. The molecule has 0 bridgehead atoms. The molecule has 0 spiro atoms. The van der Waals surface area contributed by atoms with Crippen molar-refractivity contribution in [3.8, 4) is 62.1 Å². The van der Waals surface area contributed by atoms with Gasteiger partial charge < -0.3 is 9.47 Å². The topological polar surface area (TPSA) is 46.8 Å². The van der Waals surface area contributed by atoms with Crippen LogP contribution in [0.15, 0.2) is 200 Å². The first-order valence-corrected chi connectivity index (χ1v) is 18.9. The zero-order valence-electron chi connectivity index (χ0n) is 30.3. The Bertz CT molecular complexity index is 3020. The van der Waals surface area contributed by atoms with Crippen LogP contribution < -0.4 is 4.90 Å². The first kappa shape index (κ1) is 31.9. The van der Waals surface area contributed by atoms with Crippen LogP contribution in [0.3, 0.4) is 0 Å². The average molecular weight is 716 g/mol. The van der Waals surface area contributed by atoms with Gasteiger partial charge in [-0.15, -0.1) is 0 Å². The molecule has 0 amide bonds. The summed E-state index contributed by atoms with van der Waals surface area (Å²) in [4.78, 5) is 17.5. The number of benzene rings is 8. The summed E-state index contributed by atoms with van der Waals surface area (Å²) in [6.45, 7) is 0. The first-order chi connectivity index (χ1) is 27.8. The molecule has 3 heterocycles. The van der Waals surface area contributed by atoms with E-state index in [9.17, 15) is 0 Å². The van der Waals surface area contributed by atoms with E-state index in [1.807, 2.05) is 60.7 Å². The molecule has 0 fully saturated rings. The molecule has 0 N–H and O–H groups in total. The zero-order valence-corrected chi connectivity index (χ0v) is 30.3. The molecule has 2 aromatic heterocycles. The fourth-order valence-corrected chi connectivity index (χ4v) is 8.33. The van der Waals surface area contributed by atoms with Gasteiger partial charge in [-0.25, -0.2) is 15.0 Å². The predicted molar refractivity (Wildman–Crippen MR) is 230 cm³/mol. The maximum atomic E-state index is 5.06. The Morgan fingerprint density at radius 3 is 1.59 bits per heavy atom. The standard InChI is InChI=1S/C51H33N5/c1-4-17-34(18-5-1)49-52-50(35-19-6-2-7-20-35)54-51(53-49)36-21-16-24-38(33-36)56-44-30-15-13-28-42(44)48-46(56)32-31-45-47(48)41-27-11-10-25-39(41)40-26-12-14-29-43(40)55(45)37-22-8-3-9-23-37/h1-33H. The summed E-state index contributed by atoms with van der Waals surface area (Å²) in [5, 5.41) is 2.40. The fourth-order valence-electron chi connectivity index (χ4n) is 8.33. The minimum Gasteiger partial charge on any atom is -0.309 e. The Balaban J connectivity index is 1.16. The van der Waals surface area contributed by atoms with Crippen LogP contribution in [0.5, 0.6) is 0 Å². The summed E-state index contributed by atoms with van der Waals surface area (Å²) in [6.07, 6.45) is 0. The van der Waals surface area contributed by atoms with E-state index in [-0.39, 0.29) is 0 Å². The highest BCUT2D eigenvalue weighted by Gasteiger charge is 2.29. The van der Waals surface area contributed by atoms with Crippen LogP contribution in [-0.2, 0) is 0 Å². The molecule has 5 nitrogen and oxygen atoms in total. The third-order valence-electron chi connectivity index (χ3n) is 10.8. The van der Waals surface area contributed by atoms with Gasteiger partial charge in [0.05, 0.1) is 22.4 Å². The highest BCUT2D eigenvalue weighted by atomic mass is 15.2. The van der Waals surface area contributed by atoms with Crippen LogP contribution in [0.4, 0.5) is 17.1 Å². The van der Waals surface area contributed by atoms with Crippen molar-refractivity contribution < 1.29 is 0 Å². The van der Waals surface area contributed by atoms with E-state index in [0.29, 0.717) is 17.5 Å². The van der Waals surface area contributed by atoms with Crippen molar-refractivity contribution in [2.75, 3.05) is 4.90 Å². The number of para-hydroxylation sites is 3. The Kier molecular flexibility index (Phi) is 7.42. The summed E-state index contributed by atoms with van der Waals surface area (Å²) >= 11 is 0. The third-order valence-corrected chi connectivity index (χ3v) is 10.8. The lowest BCUT2D eigenvalue weighted by molar-refractivity contribution is 1.07. The maximum absolute atomic E-state index is 5.06. The Morgan fingerprint density at radius 2 is 0.875 bits per heavy atom. The van der Waals surface area contributed by atoms with E-state index in [2.05, 4.69) is 149 Å². The van der Waals surface area contributed by atoms with Crippen LogP contribution >= 0.6 is 0 Å². The molecule has 262 valence electrons. The van der Waals surface area contributed by atoms with Crippen molar-refractivity contribution in [3.63, 3.8) is 0 Å². The molecule has 0 unspecified atom stereocenters. The summed E-state index contributed by atoms with van der Waals surface area (Å²) in [6, 6.07) is 70.5. The molecule has 10 aromatic rings. The van der Waals surface area contributed by atoms with E-state index in [4.69, 9.17) is 15.0 Å². The average Bonchev–Trinajstić information content (AvgIpc) is 3.55. The fraction of sp³-hybridized carbons (Fsp3) is 0. The number of nitrogens with zero attached hydrogens (tertiary/aromatic N) is 5. The monoisotopic (exact) mass is 715 g/mol. The van der Waals surface area contributed by atoms with Gasteiger partial charge in [-0.2, -0.15) is 0 Å². The summed E-state index contributed by atoms with van der Waals surface area (Å²) in [5.41, 5.74) is 14.3. The van der Waals surface area contributed by atoms with Crippen molar-refractivity contribution in [2.24, 2.45) is 0 Å². The second-order valence-corrected chi connectivity index (χ2v) is 14.0. The molecule has 0 atom stereocenters. The Hall–Kier alpha value is -7.63. The highest BCUT2D eigenvalue weighted by molar-refractivity contribution is 6.21. The van der Waals surface area contributed by atoms with Gasteiger partial charge in [-0.3, -0.25) is 0 Å². The molecule has 0 radical (unpaired) electrons. The summed E-state index contributed by atoms with van der Waals surface area (Å²) in [7, 11) is 0. The van der Waals surface area contributed by atoms with E-state index in [1.54, 1.807) is 0 Å². The van der Waals surface area contributed by atoms with Gasteiger partial charge in [-0.05, 0) is 59.7 Å². The van der Waals surface area contributed by atoms with Crippen molar-refractivity contribution in [2.45, 2.75) is 0 Å². The number of aromatic nitrogens is 4. The van der Waals surface area contributed by atoms with Gasteiger partial charge in [0.1, 0.15) is 0 Å².